The summed E-state index contributed by atoms with van der Waals surface area (Å²) in [5.41, 5.74) is 2.14. The molecule has 2 aromatic carbocycles. The Balaban J connectivity index is 1.42. The van der Waals surface area contributed by atoms with Gasteiger partial charge in [0.25, 0.3) is 5.91 Å². The van der Waals surface area contributed by atoms with Gasteiger partial charge in [0, 0.05) is 16.7 Å². The second-order valence-corrected chi connectivity index (χ2v) is 6.99. The van der Waals surface area contributed by atoms with Crippen LogP contribution in [0.25, 0.3) is 11.0 Å². The van der Waals surface area contributed by atoms with E-state index in [9.17, 15) is 4.79 Å². The van der Waals surface area contributed by atoms with Crippen molar-refractivity contribution in [2.24, 2.45) is 0 Å². The number of rotatable bonds is 7. The van der Waals surface area contributed by atoms with Crippen LogP contribution < -0.4 is 10.1 Å². The molecule has 0 saturated heterocycles. The Morgan fingerprint density at radius 1 is 1.20 bits per heavy atom. The summed E-state index contributed by atoms with van der Waals surface area (Å²) in [5.74, 6) is 1.59. The Hall–Kier alpha value is -2.09. The number of fused-ring (bicyclic) bond motifs is 1. The number of imidazole rings is 1. The standard InChI is InChI=1S/C19H20IN3O2/c1-14-22-17-5-2-3-6-18(17)23(14)12-4-11-21-19(24)13-25-16-9-7-15(20)8-10-16/h2-3,5-10H,4,11-13H2,1H3,(H,21,24). The van der Waals surface area contributed by atoms with Crippen LogP contribution >= 0.6 is 22.6 Å². The summed E-state index contributed by atoms with van der Waals surface area (Å²) in [5, 5.41) is 2.90. The van der Waals surface area contributed by atoms with Crippen molar-refractivity contribution < 1.29 is 9.53 Å². The highest BCUT2D eigenvalue weighted by molar-refractivity contribution is 14.1. The number of hydrogen-bond donors (Lipinski definition) is 1. The third-order valence-corrected chi connectivity index (χ3v) is 4.63. The molecule has 1 N–H and O–H groups in total. The number of para-hydroxylation sites is 2. The zero-order valence-corrected chi connectivity index (χ0v) is 16.2. The molecular weight excluding hydrogens is 429 g/mol. The van der Waals surface area contributed by atoms with Gasteiger partial charge in [-0.05, 0) is 72.3 Å². The van der Waals surface area contributed by atoms with Crippen molar-refractivity contribution in [3.05, 3.63) is 57.9 Å². The van der Waals surface area contributed by atoms with Gasteiger partial charge in [-0.1, -0.05) is 12.1 Å². The van der Waals surface area contributed by atoms with Crippen molar-refractivity contribution in [1.82, 2.24) is 14.9 Å². The molecule has 0 aliphatic carbocycles. The molecule has 5 nitrogen and oxygen atoms in total. The van der Waals surface area contributed by atoms with Gasteiger partial charge in [0.1, 0.15) is 11.6 Å². The summed E-state index contributed by atoms with van der Waals surface area (Å²) in [6, 6.07) is 15.7. The molecule has 0 bridgehead atoms. The lowest BCUT2D eigenvalue weighted by atomic mass is 10.3. The first kappa shape index (κ1) is 17.7. The molecule has 25 heavy (non-hydrogen) atoms. The van der Waals surface area contributed by atoms with E-state index in [1.807, 2.05) is 49.4 Å². The van der Waals surface area contributed by atoms with Gasteiger partial charge in [0.2, 0.25) is 0 Å². The number of ether oxygens (including phenoxy) is 1. The Morgan fingerprint density at radius 2 is 1.96 bits per heavy atom. The molecule has 0 fully saturated rings. The minimum Gasteiger partial charge on any atom is -0.484 e. The van der Waals surface area contributed by atoms with Crippen molar-refractivity contribution in [2.75, 3.05) is 13.2 Å². The average Bonchev–Trinajstić information content (AvgIpc) is 2.93. The summed E-state index contributed by atoms with van der Waals surface area (Å²) in [6.07, 6.45) is 0.844. The number of benzene rings is 2. The molecule has 0 atom stereocenters. The second kappa shape index (κ2) is 8.33. The molecule has 1 amide bonds. The van der Waals surface area contributed by atoms with Gasteiger partial charge >= 0.3 is 0 Å². The lowest BCUT2D eigenvalue weighted by molar-refractivity contribution is -0.123. The van der Waals surface area contributed by atoms with E-state index in [1.54, 1.807) is 0 Å². The number of hydrogen-bond acceptors (Lipinski definition) is 3. The van der Waals surface area contributed by atoms with Crippen LogP contribution in [0.1, 0.15) is 12.2 Å². The van der Waals surface area contributed by atoms with Crippen LogP contribution in [0.4, 0.5) is 0 Å². The number of aromatic nitrogens is 2. The fourth-order valence-electron chi connectivity index (χ4n) is 2.67. The van der Waals surface area contributed by atoms with E-state index in [4.69, 9.17) is 4.74 Å². The summed E-state index contributed by atoms with van der Waals surface area (Å²) in [4.78, 5) is 16.4. The SMILES string of the molecule is Cc1nc2ccccc2n1CCCNC(=O)COc1ccc(I)cc1. The average molecular weight is 449 g/mol. The first-order valence-electron chi connectivity index (χ1n) is 8.20. The van der Waals surface area contributed by atoms with Gasteiger partial charge in [-0.25, -0.2) is 4.98 Å². The van der Waals surface area contributed by atoms with Crippen molar-refractivity contribution in [2.45, 2.75) is 19.9 Å². The molecule has 0 spiro atoms. The molecule has 0 aliphatic heterocycles. The number of amides is 1. The zero-order chi connectivity index (χ0) is 17.6. The fourth-order valence-corrected chi connectivity index (χ4v) is 3.03. The Bertz CT molecular complexity index is 859. The van der Waals surface area contributed by atoms with Crippen molar-refractivity contribution >= 4 is 39.5 Å². The number of aryl methyl sites for hydroxylation is 2. The number of halogens is 1. The number of nitrogens with zero attached hydrogens (tertiary/aromatic N) is 2. The van der Waals surface area contributed by atoms with Gasteiger partial charge in [0.05, 0.1) is 11.0 Å². The molecule has 130 valence electrons. The minimum absolute atomic E-state index is 0.0353. The molecule has 1 heterocycles. The Labute approximate surface area is 160 Å². The van der Waals surface area contributed by atoms with Crippen molar-refractivity contribution in [3.8, 4) is 5.75 Å². The molecular formula is C19H20IN3O2. The van der Waals surface area contributed by atoms with Gasteiger partial charge in [-0.2, -0.15) is 0 Å². The van der Waals surface area contributed by atoms with Crippen molar-refractivity contribution in [3.63, 3.8) is 0 Å². The van der Waals surface area contributed by atoms with Crippen LogP contribution in [-0.4, -0.2) is 28.6 Å². The van der Waals surface area contributed by atoms with E-state index in [0.717, 1.165) is 33.4 Å². The molecule has 3 aromatic rings. The minimum atomic E-state index is -0.106. The molecule has 0 aliphatic rings. The van der Waals surface area contributed by atoms with Gasteiger partial charge in [-0.15, -0.1) is 0 Å². The van der Waals surface area contributed by atoms with E-state index in [0.29, 0.717) is 12.3 Å². The quantitative estimate of drug-likeness (QED) is 0.444. The van der Waals surface area contributed by atoms with E-state index in [2.05, 4.69) is 43.5 Å². The summed E-state index contributed by atoms with van der Waals surface area (Å²) in [6.45, 7) is 3.48. The van der Waals surface area contributed by atoms with Crippen LogP contribution in [0.3, 0.4) is 0 Å². The maximum atomic E-state index is 11.9. The summed E-state index contributed by atoms with van der Waals surface area (Å²) in [7, 11) is 0. The van der Waals surface area contributed by atoms with Crippen LogP contribution in [0.5, 0.6) is 5.75 Å². The second-order valence-electron chi connectivity index (χ2n) is 5.75. The normalized spacial score (nSPS) is 10.8. The Morgan fingerprint density at radius 3 is 2.76 bits per heavy atom. The third kappa shape index (κ3) is 4.72. The van der Waals surface area contributed by atoms with Gasteiger partial charge < -0.3 is 14.6 Å². The summed E-state index contributed by atoms with van der Waals surface area (Å²) >= 11 is 2.23. The summed E-state index contributed by atoms with van der Waals surface area (Å²) < 4.78 is 8.79. The van der Waals surface area contributed by atoms with E-state index in [-0.39, 0.29) is 12.5 Å². The van der Waals surface area contributed by atoms with Crippen LogP contribution in [-0.2, 0) is 11.3 Å². The van der Waals surface area contributed by atoms with E-state index < -0.39 is 0 Å². The highest BCUT2D eigenvalue weighted by atomic mass is 127. The molecule has 0 unspecified atom stereocenters. The lowest BCUT2D eigenvalue weighted by Crippen LogP contribution is -2.30. The van der Waals surface area contributed by atoms with Crippen LogP contribution in [0.2, 0.25) is 0 Å². The van der Waals surface area contributed by atoms with Crippen molar-refractivity contribution in [1.29, 1.82) is 0 Å². The molecule has 1 aromatic heterocycles. The highest BCUT2D eigenvalue weighted by Crippen LogP contribution is 2.15. The number of carbonyl (C=O) groups is 1. The predicted octanol–water partition coefficient (Wildman–Crippen LogP) is 3.53. The molecule has 0 saturated carbocycles. The molecule has 3 rings (SSSR count). The lowest BCUT2D eigenvalue weighted by Gasteiger charge is -2.09. The number of carbonyl (C=O) groups excluding carboxylic acids is 1. The maximum Gasteiger partial charge on any atom is 0.257 e. The van der Waals surface area contributed by atoms with E-state index >= 15 is 0 Å². The first-order chi connectivity index (χ1) is 12.1. The van der Waals surface area contributed by atoms with Crippen LogP contribution in [0, 0.1) is 10.5 Å². The smallest absolute Gasteiger partial charge is 0.257 e. The molecule has 0 radical (unpaired) electrons. The van der Waals surface area contributed by atoms with Gasteiger partial charge in [0.15, 0.2) is 6.61 Å². The predicted molar refractivity (Wildman–Crippen MR) is 107 cm³/mol. The van der Waals surface area contributed by atoms with Gasteiger partial charge in [-0.3, -0.25) is 4.79 Å². The zero-order valence-electron chi connectivity index (χ0n) is 14.0. The maximum absolute atomic E-state index is 11.9. The third-order valence-electron chi connectivity index (χ3n) is 3.91. The first-order valence-corrected chi connectivity index (χ1v) is 9.28. The van der Waals surface area contributed by atoms with E-state index in [1.165, 1.54) is 0 Å². The monoisotopic (exact) mass is 449 g/mol. The number of nitrogens with one attached hydrogen (secondary N) is 1. The molecule has 6 heteroatoms. The largest absolute Gasteiger partial charge is 0.484 e. The topological polar surface area (TPSA) is 56.2 Å². The highest BCUT2D eigenvalue weighted by Gasteiger charge is 2.07. The van der Waals surface area contributed by atoms with Crippen LogP contribution in [0.15, 0.2) is 48.5 Å². The Kier molecular flexibility index (Phi) is 5.91. The fraction of sp³-hybridized carbons (Fsp3) is 0.263.